The van der Waals surface area contributed by atoms with Gasteiger partial charge in [-0.1, -0.05) is 19.1 Å². The van der Waals surface area contributed by atoms with E-state index in [1.807, 2.05) is 25.3 Å². The molecular formula is C18H23NO5S2. The molecule has 8 heteroatoms. The number of nitrogens with zero attached hydrogens (tertiary/aromatic N) is 1. The molecule has 0 spiro atoms. The predicted octanol–water partition coefficient (Wildman–Crippen LogP) is 3.54. The summed E-state index contributed by atoms with van der Waals surface area (Å²) in [5.41, 5.74) is 0.759. The van der Waals surface area contributed by atoms with Gasteiger partial charge in [0, 0.05) is 12.6 Å². The van der Waals surface area contributed by atoms with E-state index < -0.39 is 10.1 Å². The number of hydrogen-bond acceptors (Lipinski definition) is 6. The fourth-order valence-electron chi connectivity index (χ4n) is 2.43. The molecule has 26 heavy (non-hydrogen) atoms. The van der Waals surface area contributed by atoms with Crippen LogP contribution in [0.2, 0.25) is 0 Å². The highest BCUT2D eigenvalue weighted by atomic mass is 32.2. The molecule has 142 valence electrons. The highest BCUT2D eigenvalue weighted by Crippen LogP contribution is 2.30. The van der Waals surface area contributed by atoms with Crippen LogP contribution in [0, 0.1) is 0 Å². The summed E-state index contributed by atoms with van der Waals surface area (Å²) in [6.07, 6.45) is 1.78. The van der Waals surface area contributed by atoms with Crippen molar-refractivity contribution in [1.82, 2.24) is 4.90 Å². The Kier molecular flexibility index (Phi) is 6.66. The van der Waals surface area contributed by atoms with Crippen molar-refractivity contribution in [3.05, 3.63) is 46.2 Å². The van der Waals surface area contributed by atoms with Gasteiger partial charge in [-0.15, -0.1) is 11.3 Å². The third-order valence-electron chi connectivity index (χ3n) is 3.94. The second-order valence-electron chi connectivity index (χ2n) is 5.94. The summed E-state index contributed by atoms with van der Waals surface area (Å²) in [5.74, 6) is 0.384. The molecule has 0 saturated heterocycles. The molecule has 0 N–H and O–H groups in total. The number of rotatable bonds is 8. The van der Waals surface area contributed by atoms with Crippen molar-refractivity contribution >= 4 is 27.4 Å². The van der Waals surface area contributed by atoms with Crippen molar-refractivity contribution in [3.63, 3.8) is 0 Å². The molecular weight excluding hydrogens is 374 g/mol. The largest absolute Gasteiger partial charge is 0.493 e. The van der Waals surface area contributed by atoms with Crippen LogP contribution in [-0.2, 0) is 16.7 Å². The van der Waals surface area contributed by atoms with Crippen LogP contribution < -0.4 is 8.92 Å². The Morgan fingerprint density at radius 2 is 2.00 bits per heavy atom. The Morgan fingerprint density at radius 1 is 1.27 bits per heavy atom. The lowest BCUT2D eigenvalue weighted by Gasteiger charge is -2.28. The van der Waals surface area contributed by atoms with Gasteiger partial charge in [-0.2, -0.15) is 8.42 Å². The zero-order chi connectivity index (χ0) is 19.3. The van der Waals surface area contributed by atoms with E-state index in [2.05, 4.69) is 0 Å². The third-order valence-corrected chi connectivity index (χ3v) is 5.28. The van der Waals surface area contributed by atoms with Crippen molar-refractivity contribution in [3.8, 4) is 11.5 Å². The Balaban J connectivity index is 2.33. The smallest absolute Gasteiger partial charge is 0.306 e. The lowest BCUT2D eigenvalue weighted by Crippen LogP contribution is -2.37. The summed E-state index contributed by atoms with van der Waals surface area (Å²) in [4.78, 5) is 15.3. The van der Waals surface area contributed by atoms with Gasteiger partial charge < -0.3 is 13.8 Å². The molecule has 2 rings (SSSR count). The zero-order valence-corrected chi connectivity index (χ0v) is 16.9. The van der Waals surface area contributed by atoms with Crippen LogP contribution >= 0.6 is 11.3 Å². The minimum atomic E-state index is -3.69. The van der Waals surface area contributed by atoms with Crippen LogP contribution in [0.15, 0.2) is 35.7 Å². The van der Waals surface area contributed by atoms with Gasteiger partial charge in [-0.3, -0.25) is 4.79 Å². The number of amides is 1. The summed E-state index contributed by atoms with van der Waals surface area (Å²) in [5, 5.41) is 1.87. The first-order valence-corrected chi connectivity index (χ1v) is 10.9. The topological polar surface area (TPSA) is 72.9 Å². The number of carbonyl (C=O) groups is 1. The molecule has 0 aliphatic carbocycles. The molecule has 0 saturated carbocycles. The maximum Gasteiger partial charge on any atom is 0.306 e. The van der Waals surface area contributed by atoms with Crippen LogP contribution in [-0.4, -0.2) is 38.6 Å². The average molecular weight is 398 g/mol. The van der Waals surface area contributed by atoms with Crippen LogP contribution in [0.1, 0.15) is 35.5 Å². The lowest BCUT2D eigenvalue weighted by molar-refractivity contribution is 0.0676. The molecule has 1 atom stereocenters. The number of carbonyl (C=O) groups excluding carboxylic acids is 1. The van der Waals surface area contributed by atoms with Crippen LogP contribution in [0.3, 0.4) is 0 Å². The van der Waals surface area contributed by atoms with Crippen molar-refractivity contribution in [2.24, 2.45) is 0 Å². The number of hydrogen-bond donors (Lipinski definition) is 0. The van der Waals surface area contributed by atoms with E-state index in [1.54, 1.807) is 29.2 Å². The summed E-state index contributed by atoms with van der Waals surface area (Å²) in [6.45, 7) is 4.35. The molecule has 0 aliphatic heterocycles. The van der Waals surface area contributed by atoms with Gasteiger partial charge in [0.1, 0.15) is 0 Å². The van der Waals surface area contributed by atoms with Crippen LogP contribution in [0.4, 0.5) is 0 Å². The summed E-state index contributed by atoms with van der Waals surface area (Å²) >= 11 is 1.40. The molecule has 2 aromatic rings. The molecule has 6 nitrogen and oxygen atoms in total. The second kappa shape index (κ2) is 8.55. The van der Waals surface area contributed by atoms with Crippen LogP contribution in [0.5, 0.6) is 11.5 Å². The maximum atomic E-state index is 12.8. The van der Waals surface area contributed by atoms with Crippen LogP contribution in [0.25, 0.3) is 0 Å². The Labute approximate surface area is 158 Å². The van der Waals surface area contributed by atoms with Gasteiger partial charge in [0.25, 0.3) is 5.91 Å². The van der Waals surface area contributed by atoms with E-state index in [4.69, 9.17) is 8.92 Å². The molecule has 1 heterocycles. The van der Waals surface area contributed by atoms with Crippen molar-refractivity contribution in [2.45, 2.75) is 32.9 Å². The number of benzene rings is 1. The minimum absolute atomic E-state index is 0.0333. The fraction of sp³-hybridized carbons (Fsp3) is 0.389. The molecule has 0 aliphatic rings. The maximum absolute atomic E-state index is 12.8. The number of ether oxygens (including phenoxy) is 1. The van der Waals surface area contributed by atoms with E-state index in [9.17, 15) is 13.2 Å². The van der Waals surface area contributed by atoms with Crippen molar-refractivity contribution in [1.29, 1.82) is 0 Å². The lowest BCUT2D eigenvalue weighted by atomic mass is 10.1. The highest BCUT2D eigenvalue weighted by molar-refractivity contribution is 7.86. The first kappa shape index (κ1) is 20.3. The molecule has 0 fully saturated rings. The van der Waals surface area contributed by atoms with E-state index in [0.29, 0.717) is 17.2 Å². The normalized spacial score (nSPS) is 12.5. The average Bonchev–Trinajstić information content (AvgIpc) is 3.12. The molecule has 1 amide bonds. The van der Waals surface area contributed by atoms with Gasteiger partial charge in [-0.25, -0.2) is 0 Å². The Hall–Kier alpha value is -2.06. The van der Waals surface area contributed by atoms with Gasteiger partial charge in [0.15, 0.2) is 11.5 Å². The number of methoxy groups -OCH3 is 1. The van der Waals surface area contributed by atoms with Crippen molar-refractivity contribution < 1.29 is 22.1 Å². The monoisotopic (exact) mass is 397 g/mol. The zero-order valence-electron chi connectivity index (χ0n) is 15.3. The highest BCUT2D eigenvalue weighted by Gasteiger charge is 2.22. The van der Waals surface area contributed by atoms with Gasteiger partial charge >= 0.3 is 10.1 Å². The molecule has 0 radical (unpaired) electrons. The van der Waals surface area contributed by atoms with Gasteiger partial charge in [-0.05, 0) is 42.5 Å². The predicted molar refractivity (Wildman–Crippen MR) is 102 cm³/mol. The van der Waals surface area contributed by atoms with Gasteiger partial charge in [0.2, 0.25) is 0 Å². The molecule has 0 unspecified atom stereocenters. The Morgan fingerprint density at radius 3 is 2.54 bits per heavy atom. The number of thiophene rings is 1. The van der Waals surface area contributed by atoms with Gasteiger partial charge in [0.05, 0.1) is 18.2 Å². The molecule has 1 aromatic heterocycles. The van der Waals surface area contributed by atoms with E-state index in [-0.39, 0.29) is 17.7 Å². The van der Waals surface area contributed by atoms with E-state index in [1.165, 1.54) is 18.4 Å². The molecule has 0 bridgehead atoms. The standard InChI is InChI=1S/C18H23NO5S2/c1-5-13(2)19(18(20)17-7-6-10-25-17)12-14-8-9-15(23-3)16(11-14)24-26(4,21)22/h6-11,13H,5,12H2,1-4H3/t13-/m1/s1. The summed E-state index contributed by atoms with van der Waals surface area (Å²) < 4.78 is 33.1. The molecule has 1 aromatic carbocycles. The van der Waals surface area contributed by atoms with Crippen molar-refractivity contribution in [2.75, 3.05) is 13.4 Å². The first-order chi connectivity index (χ1) is 12.2. The first-order valence-electron chi connectivity index (χ1n) is 8.16. The van der Waals surface area contributed by atoms with E-state index in [0.717, 1.165) is 18.2 Å². The van der Waals surface area contributed by atoms with E-state index >= 15 is 0 Å². The summed E-state index contributed by atoms with van der Waals surface area (Å²) in [7, 11) is -2.25. The second-order valence-corrected chi connectivity index (χ2v) is 8.46. The minimum Gasteiger partial charge on any atom is -0.493 e. The fourth-order valence-corrected chi connectivity index (χ4v) is 3.57. The Bertz CT molecular complexity index is 846. The SMILES string of the molecule is CC[C@@H](C)N(Cc1ccc(OC)c(OS(C)(=O)=O)c1)C(=O)c1cccs1. The third kappa shape index (κ3) is 5.22. The summed E-state index contributed by atoms with van der Waals surface area (Å²) in [6, 6.07) is 8.71. The quantitative estimate of drug-likeness (QED) is 0.637.